The maximum Gasteiger partial charge on any atom is 0.123 e. The van der Waals surface area contributed by atoms with E-state index >= 15 is 0 Å². The lowest BCUT2D eigenvalue weighted by atomic mass is 9.67. The first kappa shape index (κ1) is 29.7. The summed E-state index contributed by atoms with van der Waals surface area (Å²) < 4.78 is 14.1. The number of allylic oxidation sites excluding steroid dienone is 5. The van der Waals surface area contributed by atoms with Crippen LogP contribution in [0, 0.1) is 16.6 Å². The molecule has 0 bridgehead atoms. The molecule has 0 atom stereocenters. The van der Waals surface area contributed by atoms with Crippen LogP contribution in [0.2, 0.25) is 0 Å². The lowest BCUT2D eigenvalue weighted by Crippen LogP contribution is -2.31. The van der Waals surface area contributed by atoms with Crippen LogP contribution in [0.3, 0.4) is 0 Å². The average Bonchev–Trinajstić information content (AvgIpc) is 2.77. The van der Waals surface area contributed by atoms with Gasteiger partial charge in [-0.05, 0) is 98.7 Å². The zero-order valence-corrected chi connectivity index (χ0v) is 22.1. The lowest BCUT2D eigenvalue weighted by Gasteiger charge is -2.38. The number of nitrogens with one attached hydrogen (secondary N) is 2. The highest BCUT2D eigenvalue weighted by atomic mass is 19.1. The third-order valence-corrected chi connectivity index (χ3v) is 5.67. The van der Waals surface area contributed by atoms with E-state index in [1.165, 1.54) is 18.4 Å². The monoisotopic (exact) mass is 467 g/mol. The van der Waals surface area contributed by atoms with Crippen LogP contribution in [-0.2, 0) is 6.42 Å². The molecule has 1 spiro atoms. The molecule has 1 heterocycles. The molecule has 1 aromatic rings. The smallest absolute Gasteiger partial charge is 0.123 e. The first-order valence-corrected chi connectivity index (χ1v) is 13.0. The molecule has 1 aliphatic heterocycles. The summed E-state index contributed by atoms with van der Waals surface area (Å²) in [4.78, 5) is 4.01. The maximum atomic E-state index is 14.1. The van der Waals surface area contributed by atoms with E-state index in [0.29, 0.717) is 12.1 Å². The van der Waals surface area contributed by atoms with Crippen molar-refractivity contribution in [3.63, 3.8) is 0 Å². The predicted octanol–water partition coefficient (Wildman–Crippen LogP) is 8.32. The van der Waals surface area contributed by atoms with Crippen LogP contribution in [0.4, 0.5) is 4.39 Å². The van der Waals surface area contributed by atoms with Crippen LogP contribution in [-0.4, -0.2) is 25.5 Å². The highest BCUT2D eigenvalue weighted by Gasteiger charge is 2.34. The van der Waals surface area contributed by atoms with Crippen molar-refractivity contribution in [2.75, 3.05) is 13.1 Å². The molecule has 3 rings (SSSR count). The van der Waals surface area contributed by atoms with Crippen LogP contribution in [0.5, 0.6) is 0 Å². The number of aliphatic imine (C=N–C) groups is 1. The Hall–Kier alpha value is -2.33. The van der Waals surface area contributed by atoms with Gasteiger partial charge in [-0.15, -0.1) is 0 Å². The molecule has 1 saturated heterocycles. The van der Waals surface area contributed by atoms with Gasteiger partial charge in [0.25, 0.3) is 0 Å². The minimum atomic E-state index is -0.215. The first-order valence-electron chi connectivity index (χ1n) is 13.0. The molecule has 34 heavy (non-hydrogen) atoms. The van der Waals surface area contributed by atoms with Gasteiger partial charge in [-0.1, -0.05) is 64.8 Å². The molecule has 1 aromatic carbocycles. The second-order valence-electron chi connectivity index (χ2n) is 9.42. The van der Waals surface area contributed by atoms with E-state index < -0.39 is 0 Å². The topological polar surface area (TPSA) is 48.2 Å². The van der Waals surface area contributed by atoms with Crippen molar-refractivity contribution in [2.45, 2.75) is 86.0 Å². The third kappa shape index (κ3) is 9.89. The Morgan fingerprint density at radius 2 is 1.76 bits per heavy atom. The zero-order chi connectivity index (χ0) is 25.4. The number of benzene rings is 1. The highest BCUT2D eigenvalue weighted by molar-refractivity contribution is 5.86. The molecule has 0 radical (unpaired) electrons. The van der Waals surface area contributed by atoms with Crippen LogP contribution < -0.4 is 5.32 Å². The van der Waals surface area contributed by atoms with Gasteiger partial charge in [-0.2, -0.15) is 0 Å². The molecule has 188 valence electrons. The molecule has 4 heteroatoms. The molecule has 1 fully saturated rings. The highest BCUT2D eigenvalue weighted by Crippen LogP contribution is 2.46. The molecular formula is C30H46FN3. The largest absolute Gasteiger partial charge is 0.317 e. The van der Waals surface area contributed by atoms with E-state index in [0.717, 1.165) is 61.9 Å². The summed E-state index contributed by atoms with van der Waals surface area (Å²) in [5.74, 6) is -0.215. The number of fused-ring (bicyclic) bond motifs is 1. The van der Waals surface area contributed by atoms with Crippen molar-refractivity contribution in [3.05, 3.63) is 65.1 Å². The van der Waals surface area contributed by atoms with Crippen molar-refractivity contribution in [1.29, 1.82) is 5.41 Å². The fraction of sp³-hybridized carbons (Fsp3) is 0.533. The minimum Gasteiger partial charge on any atom is -0.317 e. The fourth-order valence-electron chi connectivity index (χ4n) is 4.37. The predicted molar refractivity (Wildman–Crippen MR) is 149 cm³/mol. The van der Waals surface area contributed by atoms with Gasteiger partial charge < -0.3 is 10.7 Å². The minimum absolute atomic E-state index is 0.105. The summed E-state index contributed by atoms with van der Waals surface area (Å²) in [5, 5.41) is 11.1. The molecule has 3 nitrogen and oxygen atoms in total. The molecule has 0 unspecified atom stereocenters. The van der Waals surface area contributed by atoms with Gasteiger partial charge in [0.2, 0.25) is 0 Å². The standard InChI is InChI=1S/C24H30FN3.2C3H8/c1-18(26)6-3-7-20(17-27-2)23-16-24(10-4-12-28-13-5-11-24)15-19-8-9-21(25)14-22(19)23;2*1-3-2/h3,7-9,14,16-17,26,28H,2,4-6,10-13,15H2,1H3;2*3H2,1-2H3/b7-3-,20-17+,26-18?;;. The summed E-state index contributed by atoms with van der Waals surface area (Å²) in [6.45, 7) is 16.0. The van der Waals surface area contributed by atoms with Crippen LogP contribution >= 0.6 is 0 Å². The van der Waals surface area contributed by atoms with E-state index in [2.05, 4.69) is 50.8 Å². The Kier molecular flexibility index (Phi) is 14.3. The second kappa shape index (κ2) is 16.3. The number of halogens is 1. The molecule has 2 aliphatic rings. The van der Waals surface area contributed by atoms with Gasteiger partial charge in [0.05, 0.1) is 0 Å². The maximum absolute atomic E-state index is 14.1. The molecule has 1 aliphatic carbocycles. The Morgan fingerprint density at radius 1 is 1.15 bits per heavy atom. The zero-order valence-electron chi connectivity index (χ0n) is 22.1. The molecule has 0 saturated carbocycles. The van der Waals surface area contributed by atoms with Crippen molar-refractivity contribution >= 4 is 18.0 Å². The summed E-state index contributed by atoms with van der Waals surface area (Å²) >= 11 is 0. The number of hydrogen-bond acceptors (Lipinski definition) is 3. The molecular weight excluding hydrogens is 421 g/mol. The van der Waals surface area contributed by atoms with E-state index in [1.807, 2.05) is 18.2 Å². The van der Waals surface area contributed by atoms with Gasteiger partial charge in [-0.25, -0.2) is 4.39 Å². The summed E-state index contributed by atoms with van der Waals surface area (Å²) in [6, 6.07) is 5.16. The number of nitrogens with zero attached hydrogens (tertiary/aromatic N) is 1. The third-order valence-electron chi connectivity index (χ3n) is 5.67. The van der Waals surface area contributed by atoms with Gasteiger partial charge in [0.1, 0.15) is 5.82 Å². The Balaban J connectivity index is 0.000000872. The second-order valence-corrected chi connectivity index (χ2v) is 9.42. The number of rotatable bonds is 5. The normalized spacial score (nSPS) is 17.2. The average molecular weight is 468 g/mol. The van der Waals surface area contributed by atoms with Gasteiger partial charge in [0, 0.05) is 18.3 Å². The lowest BCUT2D eigenvalue weighted by molar-refractivity contribution is 0.281. The quantitative estimate of drug-likeness (QED) is 0.332. The van der Waals surface area contributed by atoms with Crippen molar-refractivity contribution in [1.82, 2.24) is 5.32 Å². The van der Waals surface area contributed by atoms with Crippen molar-refractivity contribution in [2.24, 2.45) is 10.4 Å². The van der Waals surface area contributed by atoms with E-state index in [4.69, 9.17) is 5.41 Å². The SMILES string of the molecule is C=N/C=C(\C=C/CC(C)=N)C1=CC2(CCCNCCC2)Cc2ccc(F)cc21.CCC.CCC. The molecule has 0 aromatic heterocycles. The Labute approximate surface area is 207 Å². The summed E-state index contributed by atoms with van der Waals surface area (Å²) in [7, 11) is 0. The van der Waals surface area contributed by atoms with Crippen LogP contribution in [0.1, 0.15) is 90.7 Å². The van der Waals surface area contributed by atoms with Gasteiger partial charge in [0.15, 0.2) is 0 Å². The van der Waals surface area contributed by atoms with E-state index in [9.17, 15) is 4.39 Å². The first-order chi connectivity index (χ1) is 16.4. The van der Waals surface area contributed by atoms with Crippen LogP contribution in [0.25, 0.3) is 5.57 Å². The van der Waals surface area contributed by atoms with E-state index in [1.54, 1.807) is 25.3 Å². The van der Waals surface area contributed by atoms with Gasteiger partial charge >= 0.3 is 0 Å². The number of hydrogen-bond donors (Lipinski definition) is 2. The summed E-state index contributed by atoms with van der Waals surface area (Å²) in [6.07, 6.45) is 16.7. The van der Waals surface area contributed by atoms with Gasteiger partial charge in [-0.3, -0.25) is 4.99 Å². The molecule has 2 N–H and O–H groups in total. The Bertz CT molecular complexity index is 854. The summed E-state index contributed by atoms with van der Waals surface area (Å²) in [5.41, 5.74) is 4.85. The van der Waals surface area contributed by atoms with Crippen molar-refractivity contribution < 1.29 is 4.39 Å². The fourth-order valence-corrected chi connectivity index (χ4v) is 4.37. The van der Waals surface area contributed by atoms with Crippen molar-refractivity contribution in [3.8, 4) is 0 Å². The Morgan fingerprint density at radius 3 is 2.32 bits per heavy atom. The van der Waals surface area contributed by atoms with E-state index in [-0.39, 0.29) is 11.2 Å². The molecule has 0 amide bonds. The van der Waals surface area contributed by atoms with Crippen LogP contribution in [0.15, 0.2) is 53.2 Å².